The van der Waals surface area contributed by atoms with E-state index in [0.29, 0.717) is 47.2 Å². The van der Waals surface area contributed by atoms with E-state index < -0.39 is 11.5 Å². The molecule has 3 nitrogen and oxygen atoms in total. The summed E-state index contributed by atoms with van der Waals surface area (Å²) in [4.78, 5) is 12.2. The number of hydrogen-bond donors (Lipinski definition) is 2. The molecule has 4 rings (SSSR count). The average Bonchev–Trinajstić information content (AvgIpc) is 2.91. The summed E-state index contributed by atoms with van der Waals surface area (Å²) in [6.45, 7) is 2.16. The highest BCUT2D eigenvalue weighted by atomic mass is 35.5. The van der Waals surface area contributed by atoms with Crippen LogP contribution in [0.4, 0.5) is 4.39 Å². The predicted octanol–water partition coefficient (Wildman–Crippen LogP) is 4.60. The first-order chi connectivity index (χ1) is 12.1. The highest BCUT2D eigenvalue weighted by Crippen LogP contribution is 2.73. The molecule has 0 radical (unpaired) electrons. The molecule has 0 saturated heterocycles. The second kappa shape index (κ2) is 5.83. The van der Waals surface area contributed by atoms with Gasteiger partial charge in [-0.3, -0.25) is 4.79 Å². The van der Waals surface area contributed by atoms with E-state index in [0.717, 1.165) is 19.3 Å². The van der Waals surface area contributed by atoms with E-state index in [1.807, 2.05) is 0 Å². The number of carbonyl (C=O) groups is 1. The fraction of sp³-hybridized carbons (Fsp3) is 0.650. The van der Waals surface area contributed by atoms with Crippen LogP contribution >= 0.6 is 23.2 Å². The summed E-state index contributed by atoms with van der Waals surface area (Å²) >= 11 is 12.5. The molecule has 1 amide bonds. The van der Waals surface area contributed by atoms with Gasteiger partial charge in [0.1, 0.15) is 5.82 Å². The van der Waals surface area contributed by atoms with Gasteiger partial charge in [-0.25, -0.2) is 4.39 Å². The van der Waals surface area contributed by atoms with Gasteiger partial charge in [0.15, 0.2) is 0 Å². The van der Waals surface area contributed by atoms with Crippen molar-refractivity contribution in [2.75, 3.05) is 0 Å². The van der Waals surface area contributed by atoms with Gasteiger partial charge in [0.2, 0.25) is 5.91 Å². The number of primary amides is 1. The first-order valence-corrected chi connectivity index (χ1v) is 9.98. The number of fused-ring (bicyclic) bond motifs is 1. The van der Waals surface area contributed by atoms with Gasteiger partial charge in [-0.2, -0.15) is 0 Å². The van der Waals surface area contributed by atoms with Gasteiger partial charge in [0.05, 0.1) is 21.6 Å². The molecule has 0 heterocycles. The fourth-order valence-electron chi connectivity index (χ4n) is 6.19. The maximum atomic E-state index is 14.6. The lowest BCUT2D eigenvalue weighted by Gasteiger charge is -2.37. The van der Waals surface area contributed by atoms with Gasteiger partial charge in [0.25, 0.3) is 0 Å². The first kappa shape index (κ1) is 18.5. The van der Waals surface area contributed by atoms with Crippen molar-refractivity contribution < 1.29 is 14.3 Å². The van der Waals surface area contributed by atoms with Crippen LogP contribution < -0.4 is 5.73 Å². The topological polar surface area (TPSA) is 63.3 Å². The van der Waals surface area contributed by atoms with E-state index in [2.05, 4.69) is 6.92 Å². The van der Waals surface area contributed by atoms with Crippen LogP contribution in [0.1, 0.15) is 57.4 Å². The van der Waals surface area contributed by atoms with Gasteiger partial charge in [-0.15, -0.1) is 0 Å². The summed E-state index contributed by atoms with van der Waals surface area (Å²) in [5, 5.41) is 10.7. The SMILES string of the molecule is CC1(CC2(C(N)=O)CCC(O)C2)CC2CC2(c2c(F)ccc(Cl)c2Cl)C1. The molecule has 0 aliphatic heterocycles. The molecule has 1 aromatic rings. The van der Waals surface area contributed by atoms with Gasteiger partial charge >= 0.3 is 0 Å². The Hall–Kier alpha value is -0.840. The summed E-state index contributed by atoms with van der Waals surface area (Å²) in [7, 11) is 0. The Morgan fingerprint density at radius 3 is 2.69 bits per heavy atom. The maximum Gasteiger partial charge on any atom is 0.223 e. The standard InChI is InChI=1S/C20H24Cl2FNO2/c1-18(9-19(17(24)26)5-4-12(25)8-19)6-11-7-20(11,10-18)15-14(23)3-2-13(21)16(15)22/h2-3,11-12,25H,4-10H2,1H3,(H2,24,26). The predicted molar refractivity (Wildman–Crippen MR) is 99.6 cm³/mol. The Labute approximate surface area is 163 Å². The van der Waals surface area contributed by atoms with Crippen molar-refractivity contribution in [1.82, 2.24) is 0 Å². The van der Waals surface area contributed by atoms with Crippen molar-refractivity contribution in [3.05, 3.63) is 33.6 Å². The van der Waals surface area contributed by atoms with Crippen molar-refractivity contribution in [2.24, 2.45) is 22.5 Å². The number of aliphatic hydroxyl groups is 1. The maximum absolute atomic E-state index is 14.6. The Bertz CT molecular complexity index is 787. The van der Waals surface area contributed by atoms with Crippen LogP contribution in [-0.4, -0.2) is 17.1 Å². The average molecular weight is 400 g/mol. The van der Waals surface area contributed by atoms with Crippen LogP contribution in [0, 0.1) is 22.6 Å². The molecule has 5 unspecified atom stereocenters. The Kier molecular flexibility index (Phi) is 4.15. The number of hydrogen-bond acceptors (Lipinski definition) is 2. The molecule has 0 bridgehead atoms. The van der Waals surface area contributed by atoms with Crippen LogP contribution in [0.5, 0.6) is 0 Å². The quantitative estimate of drug-likeness (QED) is 0.726. The van der Waals surface area contributed by atoms with Gasteiger partial charge in [-0.1, -0.05) is 30.1 Å². The second-order valence-electron chi connectivity index (χ2n) is 9.18. The Morgan fingerprint density at radius 2 is 2.08 bits per heavy atom. The second-order valence-corrected chi connectivity index (χ2v) is 9.97. The minimum atomic E-state index is -0.650. The molecule has 26 heavy (non-hydrogen) atoms. The summed E-state index contributed by atoms with van der Waals surface area (Å²) in [6, 6.07) is 2.88. The lowest BCUT2D eigenvalue weighted by molar-refractivity contribution is -0.130. The molecule has 6 heteroatoms. The smallest absolute Gasteiger partial charge is 0.223 e. The van der Waals surface area contributed by atoms with Crippen molar-refractivity contribution in [1.29, 1.82) is 0 Å². The zero-order valence-electron chi connectivity index (χ0n) is 14.8. The summed E-state index contributed by atoms with van der Waals surface area (Å²) in [5.74, 6) is -0.266. The number of benzene rings is 1. The first-order valence-electron chi connectivity index (χ1n) is 9.23. The normalized spacial score (nSPS) is 41.3. The molecule has 1 aromatic carbocycles. The molecular weight excluding hydrogens is 376 g/mol. The third kappa shape index (κ3) is 2.68. The molecule has 5 atom stereocenters. The molecular formula is C20H24Cl2FNO2. The van der Waals surface area contributed by atoms with Gasteiger partial charge in [-0.05, 0) is 68.4 Å². The molecule has 3 fully saturated rings. The lowest BCUT2D eigenvalue weighted by Crippen LogP contribution is -2.40. The molecule has 3 saturated carbocycles. The molecule has 0 aromatic heterocycles. The molecule has 3 aliphatic rings. The summed E-state index contributed by atoms with van der Waals surface area (Å²) in [6.07, 6.45) is 4.45. The van der Waals surface area contributed by atoms with Crippen LogP contribution in [0.3, 0.4) is 0 Å². The minimum Gasteiger partial charge on any atom is -0.393 e. The third-order valence-corrected chi connectivity index (χ3v) is 7.93. The van der Waals surface area contributed by atoms with Gasteiger partial charge in [0, 0.05) is 11.0 Å². The van der Waals surface area contributed by atoms with E-state index in [4.69, 9.17) is 28.9 Å². The zero-order chi connectivity index (χ0) is 18.9. The van der Waals surface area contributed by atoms with E-state index in [1.54, 1.807) is 0 Å². The van der Waals surface area contributed by atoms with Crippen molar-refractivity contribution in [3.8, 4) is 0 Å². The van der Waals surface area contributed by atoms with Crippen molar-refractivity contribution in [2.45, 2.75) is 63.4 Å². The highest BCUT2D eigenvalue weighted by molar-refractivity contribution is 6.42. The molecule has 3 aliphatic carbocycles. The monoisotopic (exact) mass is 399 g/mol. The molecule has 3 N–H and O–H groups in total. The number of nitrogens with two attached hydrogens (primary N) is 1. The number of carbonyl (C=O) groups excluding carboxylic acids is 1. The fourth-order valence-corrected chi connectivity index (χ4v) is 6.69. The Balaban J connectivity index is 1.63. The van der Waals surface area contributed by atoms with Crippen molar-refractivity contribution in [3.63, 3.8) is 0 Å². The van der Waals surface area contributed by atoms with E-state index in [-0.39, 0.29) is 22.6 Å². The largest absolute Gasteiger partial charge is 0.393 e. The van der Waals surface area contributed by atoms with Crippen LogP contribution in [0.2, 0.25) is 10.0 Å². The van der Waals surface area contributed by atoms with Crippen molar-refractivity contribution >= 4 is 29.1 Å². The number of aliphatic hydroxyl groups excluding tert-OH is 1. The Morgan fingerprint density at radius 1 is 1.35 bits per heavy atom. The number of halogens is 3. The van der Waals surface area contributed by atoms with E-state index >= 15 is 0 Å². The zero-order valence-corrected chi connectivity index (χ0v) is 16.3. The van der Waals surface area contributed by atoms with Crippen LogP contribution in [0.15, 0.2) is 12.1 Å². The highest BCUT2D eigenvalue weighted by Gasteiger charge is 2.67. The number of amides is 1. The molecule has 142 valence electrons. The molecule has 0 spiro atoms. The van der Waals surface area contributed by atoms with E-state index in [9.17, 15) is 14.3 Å². The number of rotatable bonds is 4. The van der Waals surface area contributed by atoms with Crippen LogP contribution in [0.25, 0.3) is 0 Å². The third-order valence-electron chi connectivity index (χ3n) is 7.13. The van der Waals surface area contributed by atoms with E-state index in [1.165, 1.54) is 12.1 Å². The van der Waals surface area contributed by atoms with Gasteiger partial charge < -0.3 is 10.8 Å². The lowest BCUT2D eigenvalue weighted by atomic mass is 9.67. The summed E-state index contributed by atoms with van der Waals surface area (Å²) < 4.78 is 14.6. The summed E-state index contributed by atoms with van der Waals surface area (Å²) in [5.41, 5.74) is 5.23. The van der Waals surface area contributed by atoms with Crippen LogP contribution in [-0.2, 0) is 10.2 Å². The minimum absolute atomic E-state index is 0.125.